The molecule has 4 aromatic rings. The summed E-state index contributed by atoms with van der Waals surface area (Å²) in [5, 5.41) is 10.7. The molecule has 226 valence electrons. The topological polar surface area (TPSA) is 66.0 Å². The number of hydrogen-bond donors (Lipinski definition) is 2. The summed E-state index contributed by atoms with van der Waals surface area (Å²) in [6, 6.07) is 8.40. The van der Waals surface area contributed by atoms with Crippen LogP contribution in [0.25, 0.3) is 32.3 Å². The highest BCUT2D eigenvalue weighted by atomic mass is 19.4. The lowest BCUT2D eigenvalue weighted by Gasteiger charge is -2.10. The van der Waals surface area contributed by atoms with E-state index in [-0.39, 0.29) is 13.1 Å². The molecule has 0 spiro atoms. The summed E-state index contributed by atoms with van der Waals surface area (Å²) in [6.45, 7) is 1.59. The van der Waals surface area contributed by atoms with E-state index in [4.69, 9.17) is 0 Å². The number of rotatable bonds is 14. The average Bonchev–Trinajstić information content (AvgIpc) is 2.93. The largest absolute Gasteiger partial charge is 0.471 e. The monoisotopic (exact) mass is 596 g/mol. The summed E-state index contributed by atoms with van der Waals surface area (Å²) in [5.74, 6) is -3.79. The molecule has 2 amide bonds. The third-order valence-corrected chi connectivity index (χ3v) is 7.28. The highest BCUT2D eigenvalue weighted by molar-refractivity contribution is 6.21. The third-order valence-electron chi connectivity index (χ3n) is 7.28. The fourth-order valence-corrected chi connectivity index (χ4v) is 5.23. The summed E-state index contributed by atoms with van der Waals surface area (Å²) in [5.41, 5.74) is 0. The number of hydrogen-bond acceptors (Lipinski definition) is 2. The van der Waals surface area contributed by atoms with Crippen molar-refractivity contribution in [2.75, 3.05) is 13.1 Å². The highest BCUT2D eigenvalue weighted by Crippen LogP contribution is 2.32. The number of alkyl halides is 6. The quantitative estimate of drug-likeness (QED) is 0.0857. The standard InChI is InChI=1S/C30H32F6N4O2/c31-29(32,33)27(41)37-13-5-1-3-7-15-39-17-21-9-11-23-19-40(20-24-12-10-22(18-39)25(21)26(23)24)16-8-4-2-6-14-38-28(42)30(34,35)36/h9-12,17-20H,1-8,13-16H2/p+2. The number of halogens is 6. The van der Waals surface area contributed by atoms with Gasteiger partial charge in [-0.3, -0.25) is 9.59 Å². The highest BCUT2D eigenvalue weighted by Gasteiger charge is 2.38. The molecule has 4 rings (SSSR count). The van der Waals surface area contributed by atoms with E-state index >= 15 is 0 Å². The van der Waals surface area contributed by atoms with Crippen molar-refractivity contribution in [1.82, 2.24) is 10.6 Å². The van der Waals surface area contributed by atoms with Crippen LogP contribution < -0.4 is 19.8 Å². The van der Waals surface area contributed by atoms with Crippen LogP contribution in [-0.2, 0) is 22.7 Å². The number of amides is 2. The van der Waals surface area contributed by atoms with Gasteiger partial charge < -0.3 is 10.6 Å². The lowest BCUT2D eigenvalue weighted by Crippen LogP contribution is -2.37. The van der Waals surface area contributed by atoms with Crippen molar-refractivity contribution in [1.29, 1.82) is 0 Å². The molecule has 0 aliphatic rings. The molecule has 0 saturated heterocycles. The van der Waals surface area contributed by atoms with Gasteiger partial charge in [-0.05, 0) is 49.9 Å². The Balaban J connectivity index is 1.28. The van der Waals surface area contributed by atoms with Gasteiger partial charge in [0.1, 0.15) is 13.1 Å². The second-order valence-corrected chi connectivity index (χ2v) is 10.6. The zero-order chi connectivity index (χ0) is 30.3. The Morgan fingerprint density at radius 1 is 0.524 bits per heavy atom. The van der Waals surface area contributed by atoms with Crippen LogP contribution in [-0.4, -0.2) is 37.3 Å². The van der Waals surface area contributed by atoms with Crippen LogP contribution in [0, 0.1) is 0 Å². The van der Waals surface area contributed by atoms with Gasteiger partial charge in [0, 0.05) is 58.2 Å². The van der Waals surface area contributed by atoms with E-state index in [1.54, 1.807) is 0 Å². The number of nitrogens with zero attached hydrogens (tertiary/aromatic N) is 2. The van der Waals surface area contributed by atoms with Crippen LogP contribution in [0.5, 0.6) is 0 Å². The minimum Gasteiger partial charge on any atom is -0.348 e. The Kier molecular flexibility index (Phi) is 10.1. The predicted octanol–water partition coefficient (Wildman–Crippen LogP) is 5.64. The summed E-state index contributed by atoms with van der Waals surface area (Å²) < 4.78 is 77.6. The molecule has 0 atom stereocenters. The van der Waals surface area contributed by atoms with Crippen LogP contribution in [0.4, 0.5) is 26.3 Å². The number of unbranched alkanes of at least 4 members (excludes halogenated alkanes) is 6. The lowest BCUT2D eigenvalue weighted by atomic mass is 9.97. The van der Waals surface area contributed by atoms with E-state index in [0.717, 1.165) is 73.2 Å². The number of aryl methyl sites for hydroxylation is 2. The second kappa shape index (κ2) is 13.5. The number of carbonyl (C=O) groups is 2. The van der Waals surface area contributed by atoms with Crippen molar-refractivity contribution < 1.29 is 45.1 Å². The van der Waals surface area contributed by atoms with E-state index in [0.29, 0.717) is 12.8 Å². The van der Waals surface area contributed by atoms with E-state index in [9.17, 15) is 35.9 Å². The summed E-state index contributed by atoms with van der Waals surface area (Å²) in [4.78, 5) is 21.7. The molecule has 12 heteroatoms. The molecule has 0 bridgehead atoms. The van der Waals surface area contributed by atoms with Crippen molar-refractivity contribution >= 4 is 44.1 Å². The number of carbonyl (C=O) groups excluding carboxylic acids is 2. The first-order valence-electron chi connectivity index (χ1n) is 14.1. The molecular formula is C30H34F6N4O2+2. The summed E-state index contributed by atoms with van der Waals surface area (Å²) in [7, 11) is 0. The molecule has 0 radical (unpaired) electrons. The van der Waals surface area contributed by atoms with Crippen LogP contribution in [0.2, 0.25) is 0 Å². The van der Waals surface area contributed by atoms with Gasteiger partial charge in [-0.1, -0.05) is 12.8 Å². The zero-order valence-electron chi connectivity index (χ0n) is 23.1. The lowest BCUT2D eigenvalue weighted by molar-refractivity contribution is -0.695. The average molecular weight is 597 g/mol. The zero-order valence-corrected chi connectivity index (χ0v) is 23.1. The third kappa shape index (κ3) is 8.19. The Morgan fingerprint density at radius 3 is 1.14 bits per heavy atom. The Bertz CT molecular complexity index is 1340. The van der Waals surface area contributed by atoms with E-state index < -0.39 is 24.2 Å². The van der Waals surface area contributed by atoms with Crippen molar-refractivity contribution in [3.05, 3.63) is 49.1 Å². The molecule has 0 fully saturated rings. The Morgan fingerprint density at radius 2 is 0.833 bits per heavy atom. The van der Waals surface area contributed by atoms with E-state index in [1.807, 2.05) is 10.6 Å². The summed E-state index contributed by atoms with van der Waals surface area (Å²) in [6.07, 6.45) is 4.65. The first-order valence-corrected chi connectivity index (χ1v) is 14.1. The first kappa shape index (κ1) is 31.2. The fraction of sp³-hybridized carbons (Fsp3) is 0.467. The molecule has 0 unspecified atom stereocenters. The second-order valence-electron chi connectivity index (χ2n) is 10.6. The molecule has 2 aromatic heterocycles. The molecule has 42 heavy (non-hydrogen) atoms. The minimum atomic E-state index is -4.84. The van der Waals surface area contributed by atoms with Gasteiger partial charge in [0.25, 0.3) is 0 Å². The van der Waals surface area contributed by atoms with E-state index in [1.165, 1.54) is 10.8 Å². The van der Waals surface area contributed by atoms with Crippen LogP contribution in [0.3, 0.4) is 0 Å². The van der Waals surface area contributed by atoms with Gasteiger partial charge in [-0.2, -0.15) is 26.3 Å². The smallest absolute Gasteiger partial charge is 0.348 e. The molecule has 0 aliphatic heterocycles. The van der Waals surface area contributed by atoms with Gasteiger partial charge in [0.2, 0.25) is 0 Å². The van der Waals surface area contributed by atoms with Gasteiger partial charge in [0.05, 0.1) is 0 Å². The first-order chi connectivity index (χ1) is 19.9. The van der Waals surface area contributed by atoms with Gasteiger partial charge in [-0.15, -0.1) is 0 Å². The Labute approximate surface area is 239 Å². The van der Waals surface area contributed by atoms with Crippen LogP contribution >= 0.6 is 0 Å². The Hall–Kier alpha value is -3.70. The van der Waals surface area contributed by atoms with Gasteiger partial charge in [-0.25, -0.2) is 9.13 Å². The molecule has 2 N–H and O–H groups in total. The minimum absolute atomic E-state index is 0.0149. The molecular weight excluding hydrogens is 562 g/mol. The molecule has 2 heterocycles. The molecule has 0 aliphatic carbocycles. The van der Waals surface area contributed by atoms with Gasteiger partial charge >= 0.3 is 24.2 Å². The number of benzene rings is 2. The fourth-order valence-electron chi connectivity index (χ4n) is 5.23. The number of nitrogens with one attached hydrogen (secondary N) is 2. The van der Waals surface area contributed by atoms with Crippen molar-refractivity contribution in [2.24, 2.45) is 0 Å². The SMILES string of the molecule is O=C(NCCCCCC[n+]1cc2ccc3c[n+](CCCCCCNC(=O)C(F)(F)F)cc4ccc(c1)c2c34)C(F)(F)F. The summed E-state index contributed by atoms with van der Waals surface area (Å²) >= 11 is 0. The maximum Gasteiger partial charge on any atom is 0.471 e. The molecule has 6 nitrogen and oxygen atoms in total. The van der Waals surface area contributed by atoms with Crippen molar-refractivity contribution in [3.63, 3.8) is 0 Å². The number of aromatic nitrogens is 2. The normalized spacial score (nSPS) is 12.4. The van der Waals surface area contributed by atoms with Crippen molar-refractivity contribution in [3.8, 4) is 0 Å². The number of pyridine rings is 2. The van der Waals surface area contributed by atoms with E-state index in [2.05, 4.69) is 58.2 Å². The maximum atomic E-state index is 12.2. The van der Waals surface area contributed by atoms with Gasteiger partial charge in [0.15, 0.2) is 24.8 Å². The van der Waals surface area contributed by atoms with Crippen LogP contribution in [0.1, 0.15) is 51.4 Å². The molecule has 0 saturated carbocycles. The molecule has 2 aromatic carbocycles. The van der Waals surface area contributed by atoms with Crippen LogP contribution in [0.15, 0.2) is 49.1 Å². The van der Waals surface area contributed by atoms with Crippen molar-refractivity contribution in [2.45, 2.75) is 76.8 Å². The predicted molar refractivity (Wildman–Crippen MR) is 146 cm³/mol. The maximum absolute atomic E-state index is 12.2.